The van der Waals surface area contributed by atoms with Gasteiger partial charge in [-0.3, -0.25) is 4.68 Å². The lowest BCUT2D eigenvalue weighted by Crippen LogP contribution is -2.28. The van der Waals surface area contributed by atoms with Crippen LogP contribution in [-0.4, -0.2) is 16.3 Å². The van der Waals surface area contributed by atoms with Gasteiger partial charge in [0.15, 0.2) is 0 Å². The van der Waals surface area contributed by atoms with E-state index in [4.69, 9.17) is 0 Å². The Bertz CT molecular complexity index is 516. The van der Waals surface area contributed by atoms with E-state index in [0.29, 0.717) is 5.92 Å². The number of nitrogens with zero attached hydrogens (tertiary/aromatic N) is 2. The van der Waals surface area contributed by atoms with Crippen molar-refractivity contribution >= 4 is 0 Å². The molecule has 1 unspecified atom stereocenters. The summed E-state index contributed by atoms with van der Waals surface area (Å²) >= 11 is 0. The molecule has 0 radical (unpaired) electrons. The fourth-order valence-electron chi connectivity index (χ4n) is 2.50. The van der Waals surface area contributed by atoms with Crippen LogP contribution in [0.25, 0.3) is 0 Å². The molecule has 0 saturated heterocycles. The quantitative estimate of drug-likeness (QED) is 0.864. The Morgan fingerprint density at radius 3 is 3.06 bits per heavy atom. The van der Waals surface area contributed by atoms with Crippen LogP contribution < -0.4 is 5.32 Å². The van der Waals surface area contributed by atoms with E-state index < -0.39 is 0 Å². The molecule has 3 heteroatoms. The number of aryl methyl sites for hydroxylation is 1. The molecule has 0 fully saturated rings. The average Bonchev–Trinajstić information content (AvgIpc) is 2.71. The molecule has 0 spiro atoms. The van der Waals surface area contributed by atoms with E-state index in [9.17, 15) is 0 Å². The summed E-state index contributed by atoms with van der Waals surface area (Å²) in [5, 5.41) is 7.67. The van der Waals surface area contributed by atoms with Crippen LogP contribution in [0.15, 0.2) is 36.7 Å². The van der Waals surface area contributed by atoms with Gasteiger partial charge < -0.3 is 5.32 Å². The standard InChI is InChI=1S/C14H17N3/c1-17-10-11(8-16-17)7-15-9-13-6-12-4-2-3-5-14(12)13/h2-5,8,10,13,15H,6-7,9H2,1H3. The first-order valence-electron chi connectivity index (χ1n) is 6.09. The monoisotopic (exact) mass is 227 g/mol. The van der Waals surface area contributed by atoms with Crippen molar-refractivity contribution in [2.24, 2.45) is 7.05 Å². The smallest absolute Gasteiger partial charge is 0.0534 e. The molecule has 1 aromatic carbocycles. The van der Waals surface area contributed by atoms with Crippen molar-refractivity contribution in [1.82, 2.24) is 15.1 Å². The first kappa shape index (κ1) is 10.5. The fraction of sp³-hybridized carbons (Fsp3) is 0.357. The van der Waals surface area contributed by atoms with Gasteiger partial charge in [0.1, 0.15) is 0 Å². The van der Waals surface area contributed by atoms with Crippen LogP contribution in [0.3, 0.4) is 0 Å². The topological polar surface area (TPSA) is 29.9 Å². The Morgan fingerprint density at radius 2 is 2.29 bits per heavy atom. The summed E-state index contributed by atoms with van der Waals surface area (Å²) in [4.78, 5) is 0. The molecular weight excluding hydrogens is 210 g/mol. The molecule has 0 saturated carbocycles. The first-order chi connectivity index (χ1) is 8.33. The lowest BCUT2D eigenvalue weighted by atomic mass is 9.77. The summed E-state index contributed by atoms with van der Waals surface area (Å²) < 4.78 is 1.84. The molecule has 2 aromatic rings. The number of hydrogen-bond acceptors (Lipinski definition) is 2. The summed E-state index contributed by atoms with van der Waals surface area (Å²) in [6.07, 6.45) is 5.19. The summed E-state index contributed by atoms with van der Waals surface area (Å²) in [5.41, 5.74) is 4.28. The minimum absolute atomic E-state index is 0.697. The van der Waals surface area contributed by atoms with E-state index in [1.807, 2.05) is 17.9 Å². The summed E-state index contributed by atoms with van der Waals surface area (Å²) in [6.45, 7) is 1.97. The Balaban J connectivity index is 1.51. The van der Waals surface area contributed by atoms with Crippen LogP contribution in [-0.2, 0) is 20.0 Å². The number of fused-ring (bicyclic) bond motifs is 1. The molecule has 1 heterocycles. The number of aromatic nitrogens is 2. The molecule has 3 rings (SSSR count). The Kier molecular flexibility index (Phi) is 2.69. The van der Waals surface area contributed by atoms with Gasteiger partial charge in [0, 0.05) is 37.8 Å². The normalized spacial score (nSPS) is 17.6. The zero-order chi connectivity index (χ0) is 11.7. The third-order valence-corrected chi connectivity index (χ3v) is 3.44. The van der Waals surface area contributed by atoms with Crippen molar-refractivity contribution in [3.05, 3.63) is 53.3 Å². The Labute approximate surface area is 101 Å². The van der Waals surface area contributed by atoms with Crippen molar-refractivity contribution in [3.63, 3.8) is 0 Å². The van der Waals surface area contributed by atoms with Gasteiger partial charge >= 0.3 is 0 Å². The van der Waals surface area contributed by atoms with E-state index in [1.54, 1.807) is 0 Å². The maximum Gasteiger partial charge on any atom is 0.0534 e. The van der Waals surface area contributed by atoms with Crippen LogP contribution in [0.2, 0.25) is 0 Å². The number of hydrogen-bond donors (Lipinski definition) is 1. The zero-order valence-corrected chi connectivity index (χ0v) is 10.1. The van der Waals surface area contributed by atoms with Crippen molar-refractivity contribution in [2.45, 2.75) is 18.9 Å². The molecule has 1 aliphatic carbocycles. The molecule has 1 atom stereocenters. The highest BCUT2D eigenvalue weighted by atomic mass is 15.2. The largest absolute Gasteiger partial charge is 0.312 e. The molecule has 17 heavy (non-hydrogen) atoms. The van der Waals surface area contributed by atoms with Crippen LogP contribution in [0, 0.1) is 0 Å². The lowest BCUT2D eigenvalue weighted by molar-refractivity contribution is 0.535. The Morgan fingerprint density at radius 1 is 1.41 bits per heavy atom. The maximum absolute atomic E-state index is 4.16. The summed E-state index contributed by atoms with van der Waals surface area (Å²) in [6, 6.07) is 8.73. The zero-order valence-electron chi connectivity index (χ0n) is 10.1. The molecule has 0 bridgehead atoms. The van der Waals surface area contributed by atoms with E-state index in [0.717, 1.165) is 13.1 Å². The van der Waals surface area contributed by atoms with Gasteiger partial charge in [-0.15, -0.1) is 0 Å². The van der Waals surface area contributed by atoms with Gasteiger partial charge in [0.05, 0.1) is 6.20 Å². The molecule has 1 aliphatic rings. The van der Waals surface area contributed by atoms with E-state index in [1.165, 1.54) is 23.1 Å². The van der Waals surface area contributed by atoms with Gasteiger partial charge in [0.2, 0.25) is 0 Å². The highest BCUT2D eigenvalue weighted by Crippen LogP contribution is 2.33. The van der Waals surface area contributed by atoms with Gasteiger partial charge in [0.25, 0.3) is 0 Å². The molecular formula is C14H17N3. The molecule has 0 amide bonds. The second-order valence-corrected chi connectivity index (χ2v) is 4.75. The minimum Gasteiger partial charge on any atom is -0.312 e. The predicted octanol–water partition coefficient (Wildman–Crippen LogP) is 1.85. The van der Waals surface area contributed by atoms with Crippen LogP contribution >= 0.6 is 0 Å². The van der Waals surface area contributed by atoms with Crippen molar-refractivity contribution in [1.29, 1.82) is 0 Å². The van der Waals surface area contributed by atoms with E-state index in [-0.39, 0.29) is 0 Å². The molecule has 1 aromatic heterocycles. The average molecular weight is 227 g/mol. The predicted molar refractivity (Wildman–Crippen MR) is 67.8 cm³/mol. The summed E-state index contributed by atoms with van der Waals surface area (Å²) in [5.74, 6) is 0.697. The van der Waals surface area contributed by atoms with Gasteiger partial charge in [-0.2, -0.15) is 5.10 Å². The third-order valence-electron chi connectivity index (χ3n) is 3.44. The number of benzene rings is 1. The molecule has 0 aliphatic heterocycles. The number of rotatable bonds is 4. The van der Waals surface area contributed by atoms with Crippen LogP contribution in [0.1, 0.15) is 22.6 Å². The van der Waals surface area contributed by atoms with Gasteiger partial charge in [-0.05, 0) is 17.5 Å². The second kappa shape index (κ2) is 4.34. The molecule has 3 nitrogen and oxygen atoms in total. The van der Waals surface area contributed by atoms with E-state index >= 15 is 0 Å². The number of nitrogens with one attached hydrogen (secondary N) is 1. The molecule has 1 N–H and O–H groups in total. The SMILES string of the molecule is Cn1cc(CNCC2Cc3ccccc32)cn1. The van der Waals surface area contributed by atoms with Gasteiger partial charge in [-0.25, -0.2) is 0 Å². The minimum atomic E-state index is 0.697. The first-order valence-corrected chi connectivity index (χ1v) is 6.09. The Hall–Kier alpha value is -1.61. The highest BCUT2D eigenvalue weighted by Gasteiger charge is 2.24. The molecule has 88 valence electrons. The lowest BCUT2D eigenvalue weighted by Gasteiger charge is -2.30. The fourth-order valence-corrected chi connectivity index (χ4v) is 2.50. The third kappa shape index (κ3) is 2.11. The second-order valence-electron chi connectivity index (χ2n) is 4.75. The van der Waals surface area contributed by atoms with Gasteiger partial charge in [-0.1, -0.05) is 24.3 Å². The highest BCUT2D eigenvalue weighted by molar-refractivity contribution is 5.40. The summed E-state index contributed by atoms with van der Waals surface area (Å²) in [7, 11) is 1.95. The van der Waals surface area contributed by atoms with Crippen molar-refractivity contribution in [2.75, 3.05) is 6.54 Å². The van der Waals surface area contributed by atoms with E-state index in [2.05, 4.69) is 40.9 Å². The maximum atomic E-state index is 4.16. The van der Waals surface area contributed by atoms with Crippen LogP contribution in [0.4, 0.5) is 0 Å². The van der Waals surface area contributed by atoms with Crippen molar-refractivity contribution in [3.8, 4) is 0 Å². The van der Waals surface area contributed by atoms with Crippen molar-refractivity contribution < 1.29 is 0 Å². The van der Waals surface area contributed by atoms with Crippen LogP contribution in [0.5, 0.6) is 0 Å².